The molecule has 1 heterocycles. The fourth-order valence-corrected chi connectivity index (χ4v) is 2.05. The van der Waals surface area contributed by atoms with E-state index in [4.69, 9.17) is 4.74 Å². The molecule has 6 heteroatoms. The van der Waals surface area contributed by atoms with Crippen molar-refractivity contribution in [3.63, 3.8) is 0 Å². The predicted molar refractivity (Wildman–Crippen MR) is 70.4 cm³/mol. The fraction of sp³-hybridized carbons (Fsp3) is 0.357. The maximum atomic E-state index is 12.1. The molecule has 1 aromatic rings. The zero-order chi connectivity index (χ0) is 14.8. The summed E-state index contributed by atoms with van der Waals surface area (Å²) in [5.41, 5.74) is -0.842. The molecule has 1 fully saturated rings. The first kappa shape index (κ1) is 14.0. The van der Waals surface area contributed by atoms with Gasteiger partial charge in [-0.2, -0.15) is 0 Å². The minimum Gasteiger partial charge on any atom is -0.459 e. The second-order valence-corrected chi connectivity index (χ2v) is 4.90. The van der Waals surface area contributed by atoms with Gasteiger partial charge in [0.1, 0.15) is 6.61 Å². The van der Waals surface area contributed by atoms with Crippen LogP contribution in [0.3, 0.4) is 0 Å². The van der Waals surface area contributed by atoms with Gasteiger partial charge >= 0.3 is 5.97 Å². The number of esters is 1. The molecule has 0 radical (unpaired) electrons. The molecule has 0 bridgehead atoms. The number of nitrogens with one attached hydrogen (secondary N) is 1. The third-order valence-electron chi connectivity index (χ3n) is 3.17. The van der Waals surface area contributed by atoms with Gasteiger partial charge in [0, 0.05) is 7.05 Å². The molecule has 1 aromatic carbocycles. The third-order valence-corrected chi connectivity index (χ3v) is 3.17. The van der Waals surface area contributed by atoms with Crippen molar-refractivity contribution in [3.05, 3.63) is 35.9 Å². The average molecular weight is 276 g/mol. The van der Waals surface area contributed by atoms with Crippen LogP contribution < -0.4 is 5.32 Å². The summed E-state index contributed by atoms with van der Waals surface area (Å²) in [4.78, 5) is 36.9. The van der Waals surface area contributed by atoms with Crippen LogP contribution in [0.2, 0.25) is 0 Å². The summed E-state index contributed by atoms with van der Waals surface area (Å²) >= 11 is 0. The van der Waals surface area contributed by atoms with E-state index in [9.17, 15) is 14.4 Å². The van der Waals surface area contributed by atoms with E-state index in [-0.39, 0.29) is 19.1 Å². The molecule has 106 valence electrons. The first-order valence-electron chi connectivity index (χ1n) is 6.21. The maximum absolute atomic E-state index is 12.1. The van der Waals surface area contributed by atoms with Crippen molar-refractivity contribution in [3.8, 4) is 0 Å². The predicted octanol–water partition coefficient (Wildman–Crippen LogP) is 0.0767. The first-order chi connectivity index (χ1) is 9.43. The Balaban J connectivity index is 2.07. The molecular formula is C14H16N2O4. The highest BCUT2D eigenvalue weighted by molar-refractivity contribution is 6.12. The summed E-state index contributed by atoms with van der Waals surface area (Å²) in [6.07, 6.45) is 0. The summed E-state index contributed by atoms with van der Waals surface area (Å²) in [5, 5.41) is 2.40. The van der Waals surface area contributed by atoms with Gasteiger partial charge in [-0.25, -0.2) is 4.79 Å². The molecule has 0 aliphatic carbocycles. The number of hydrogen-bond donors (Lipinski definition) is 1. The number of amides is 2. The highest BCUT2D eigenvalue weighted by atomic mass is 16.5. The molecule has 1 aliphatic rings. The van der Waals surface area contributed by atoms with Gasteiger partial charge in [-0.15, -0.1) is 0 Å². The van der Waals surface area contributed by atoms with Gasteiger partial charge in [0.25, 0.3) is 5.91 Å². The Hall–Kier alpha value is -2.37. The molecule has 1 saturated heterocycles. The van der Waals surface area contributed by atoms with Crippen LogP contribution in [0.5, 0.6) is 0 Å². The van der Waals surface area contributed by atoms with Crippen LogP contribution in [-0.2, 0) is 25.7 Å². The van der Waals surface area contributed by atoms with Gasteiger partial charge in [0.05, 0.1) is 6.54 Å². The van der Waals surface area contributed by atoms with E-state index in [0.29, 0.717) is 0 Å². The van der Waals surface area contributed by atoms with E-state index in [0.717, 1.165) is 5.56 Å². The van der Waals surface area contributed by atoms with E-state index in [1.54, 1.807) is 0 Å². The number of ether oxygens (including phenoxy) is 1. The van der Waals surface area contributed by atoms with E-state index < -0.39 is 17.4 Å². The summed E-state index contributed by atoms with van der Waals surface area (Å²) in [5.74, 6) is -1.62. The SMILES string of the molecule is CN1CC(=O)NC(C)(C(=O)OCc2ccccc2)C1=O. The largest absolute Gasteiger partial charge is 0.459 e. The Morgan fingerprint density at radius 2 is 2.00 bits per heavy atom. The lowest BCUT2D eigenvalue weighted by molar-refractivity contribution is -0.165. The molecule has 1 aliphatic heterocycles. The Bertz CT molecular complexity index is 543. The quantitative estimate of drug-likeness (QED) is 0.626. The fourth-order valence-electron chi connectivity index (χ4n) is 2.05. The second-order valence-electron chi connectivity index (χ2n) is 4.90. The number of hydrogen-bond acceptors (Lipinski definition) is 4. The number of rotatable bonds is 3. The topological polar surface area (TPSA) is 75.7 Å². The van der Waals surface area contributed by atoms with Crippen molar-refractivity contribution in [2.45, 2.75) is 19.1 Å². The van der Waals surface area contributed by atoms with Crippen LogP contribution in [-0.4, -0.2) is 41.8 Å². The molecular weight excluding hydrogens is 260 g/mol. The lowest BCUT2D eigenvalue weighted by atomic mass is 9.98. The lowest BCUT2D eigenvalue weighted by Crippen LogP contribution is -2.68. The molecule has 0 spiro atoms. The lowest BCUT2D eigenvalue weighted by Gasteiger charge is -2.35. The number of piperazine rings is 1. The number of carbonyl (C=O) groups is 3. The zero-order valence-electron chi connectivity index (χ0n) is 11.4. The van der Waals surface area contributed by atoms with Crippen LogP contribution in [0.15, 0.2) is 30.3 Å². The van der Waals surface area contributed by atoms with Gasteiger partial charge in [-0.3, -0.25) is 9.59 Å². The summed E-state index contributed by atoms with van der Waals surface area (Å²) < 4.78 is 5.14. The average Bonchev–Trinajstić information content (AvgIpc) is 2.43. The molecule has 1 unspecified atom stereocenters. The summed E-state index contributed by atoms with van der Waals surface area (Å²) in [6, 6.07) is 9.12. The molecule has 6 nitrogen and oxygen atoms in total. The third kappa shape index (κ3) is 2.64. The van der Waals surface area contributed by atoms with Gasteiger partial charge in [-0.05, 0) is 12.5 Å². The number of carbonyl (C=O) groups excluding carboxylic acids is 3. The molecule has 0 aromatic heterocycles. The van der Waals surface area contributed by atoms with Crippen molar-refractivity contribution >= 4 is 17.8 Å². The minimum absolute atomic E-state index is 0.0552. The minimum atomic E-state index is -1.65. The molecule has 1 atom stereocenters. The van der Waals surface area contributed by atoms with E-state index in [1.807, 2.05) is 30.3 Å². The second kappa shape index (κ2) is 5.32. The number of likely N-dealkylation sites (N-methyl/N-ethyl adjacent to an activating group) is 1. The molecule has 2 amide bonds. The number of nitrogens with zero attached hydrogens (tertiary/aromatic N) is 1. The van der Waals surface area contributed by atoms with Crippen molar-refractivity contribution in [2.75, 3.05) is 13.6 Å². The van der Waals surface area contributed by atoms with E-state index in [2.05, 4.69) is 5.32 Å². The maximum Gasteiger partial charge on any atom is 0.341 e. The highest BCUT2D eigenvalue weighted by Gasteiger charge is 2.49. The van der Waals surface area contributed by atoms with Crippen LogP contribution in [0, 0.1) is 0 Å². The highest BCUT2D eigenvalue weighted by Crippen LogP contribution is 2.16. The van der Waals surface area contributed by atoms with Gasteiger partial charge in [0.2, 0.25) is 11.4 Å². The monoisotopic (exact) mass is 276 g/mol. The Morgan fingerprint density at radius 1 is 1.35 bits per heavy atom. The smallest absolute Gasteiger partial charge is 0.341 e. The van der Waals surface area contributed by atoms with Crippen molar-refractivity contribution in [2.24, 2.45) is 0 Å². The van der Waals surface area contributed by atoms with Crippen molar-refractivity contribution in [1.29, 1.82) is 0 Å². The Labute approximate surface area is 116 Å². The first-order valence-corrected chi connectivity index (χ1v) is 6.21. The molecule has 0 saturated carbocycles. The van der Waals surface area contributed by atoms with Gasteiger partial charge in [-0.1, -0.05) is 30.3 Å². The zero-order valence-corrected chi connectivity index (χ0v) is 11.4. The van der Waals surface area contributed by atoms with Crippen LogP contribution in [0.1, 0.15) is 12.5 Å². The number of benzene rings is 1. The van der Waals surface area contributed by atoms with Crippen molar-refractivity contribution in [1.82, 2.24) is 10.2 Å². The Kier molecular flexibility index (Phi) is 3.74. The van der Waals surface area contributed by atoms with Gasteiger partial charge in [0.15, 0.2) is 0 Å². The van der Waals surface area contributed by atoms with Crippen LogP contribution in [0.25, 0.3) is 0 Å². The Morgan fingerprint density at radius 3 is 2.65 bits per heavy atom. The normalized spacial score (nSPS) is 22.4. The van der Waals surface area contributed by atoms with E-state index >= 15 is 0 Å². The van der Waals surface area contributed by atoms with Crippen molar-refractivity contribution < 1.29 is 19.1 Å². The summed E-state index contributed by atoms with van der Waals surface area (Å²) in [6.45, 7) is 1.36. The molecule has 2 rings (SSSR count). The van der Waals surface area contributed by atoms with E-state index in [1.165, 1.54) is 18.9 Å². The van der Waals surface area contributed by atoms with Crippen LogP contribution in [0.4, 0.5) is 0 Å². The standard InChI is InChI=1S/C14H16N2O4/c1-14(12(18)16(2)8-11(17)15-14)13(19)20-9-10-6-4-3-5-7-10/h3-7H,8-9H2,1-2H3,(H,15,17). The van der Waals surface area contributed by atoms with Crippen LogP contribution >= 0.6 is 0 Å². The molecule has 1 N–H and O–H groups in total. The summed E-state index contributed by atoms with van der Waals surface area (Å²) in [7, 11) is 1.48. The van der Waals surface area contributed by atoms with Gasteiger partial charge < -0.3 is 15.0 Å². The molecule has 20 heavy (non-hydrogen) atoms.